The first-order valence-corrected chi connectivity index (χ1v) is 17.8. The summed E-state index contributed by atoms with van der Waals surface area (Å²) in [6.45, 7) is 5.17. The molecule has 270 valence electrons. The Morgan fingerprint density at radius 1 is 0.902 bits per heavy atom. The van der Waals surface area contributed by atoms with Gasteiger partial charge in [0, 0.05) is 50.6 Å². The van der Waals surface area contributed by atoms with Crippen LogP contribution in [0.1, 0.15) is 66.2 Å². The van der Waals surface area contributed by atoms with Crippen LogP contribution in [0.3, 0.4) is 0 Å². The van der Waals surface area contributed by atoms with Crippen LogP contribution in [0.25, 0.3) is 10.8 Å². The predicted molar refractivity (Wildman–Crippen MR) is 197 cm³/mol. The highest BCUT2D eigenvalue weighted by Crippen LogP contribution is 2.23. The number of nitrogens with one attached hydrogen (secondary N) is 1. The quantitative estimate of drug-likeness (QED) is 0.172. The zero-order valence-electron chi connectivity index (χ0n) is 29.9. The van der Waals surface area contributed by atoms with Crippen LogP contribution in [0, 0.1) is 11.6 Å². The third kappa shape index (κ3) is 9.17. The maximum atomic E-state index is 14.9. The molecule has 1 saturated heterocycles. The average Bonchev–Trinajstić information content (AvgIpc) is 3.55. The molecule has 0 aliphatic carbocycles. The van der Waals surface area contributed by atoms with Crippen LogP contribution in [0.4, 0.5) is 8.78 Å². The minimum absolute atomic E-state index is 0.0390. The number of nitrogens with two attached hydrogens (primary N) is 1. The van der Waals surface area contributed by atoms with Crippen molar-refractivity contribution in [3.63, 3.8) is 0 Å². The van der Waals surface area contributed by atoms with Gasteiger partial charge in [-0.2, -0.15) is 0 Å². The van der Waals surface area contributed by atoms with E-state index in [1.54, 1.807) is 32.2 Å². The van der Waals surface area contributed by atoms with Gasteiger partial charge in [-0.15, -0.1) is 0 Å². The van der Waals surface area contributed by atoms with Crippen LogP contribution in [0.5, 0.6) is 0 Å². The molecule has 0 saturated carbocycles. The first-order chi connectivity index (χ1) is 24.5. The van der Waals surface area contributed by atoms with Gasteiger partial charge in [0.1, 0.15) is 12.1 Å². The molecule has 8 nitrogen and oxygen atoms in total. The van der Waals surface area contributed by atoms with Gasteiger partial charge in [0.25, 0.3) is 5.91 Å². The second kappa shape index (κ2) is 17.0. The molecule has 5 rings (SSSR count). The zero-order valence-corrected chi connectivity index (χ0v) is 29.9. The van der Waals surface area contributed by atoms with Gasteiger partial charge in [0.15, 0.2) is 11.6 Å². The SMILES string of the molecule is CCN(C(=O)[C@@H](Cc1ccc2ccccc2c1)N(C)C(=O)c1cccc(C(C)N)c1)[C@H](Cc1ccc(F)c(F)c1)C(=O)NCCC1CCCN1C. The van der Waals surface area contributed by atoms with Crippen molar-refractivity contribution in [1.29, 1.82) is 0 Å². The highest BCUT2D eigenvalue weighted by atomic mass is 19.2. The zero-order chi connectivity index (χ0) is 36.7. The summed E-state index contributed by atoms with van der Waals surface area (Å²) >= 11 is 0. The summed E-state index contributed by atoms with van der Waals surface area (Å²) in [6, 6.07) is 22.4. The number of likely N-dealkylation sites (N-methyl/N-ethyl adjacent to an activating group) is 2. The third-order valence-corrected chi connectivity index (χ3v) is 10.1. The maximum absolute atomic E-state index is 14.9. The van der Waals surface area contributed by atoms with E-state index in [0.717, 1.165) is 59.8 Å². The van der Waals surface area contributed by atoms with E-state index in [1.807, 2.05) is 55.5 Å². The van der Waals surface area contributed by atoms with E-state index in [1.165, 1.54) is 15.9 Å². The van der Waals surface area contributed by atoms with Gasteiger partial charge in [-0.05, 0) is 98.4 Å². The van der Waals surface area contributed by atoms with Crippen LogP contribution >= 0.6 is 0 Å². The number of amides is 3. The Morgan fingerprint density at radius 2 is 1.61 bits per heavy atom. The fraction of sp³-hybridized carbons (Fsp3) is 0.390. The van der Waals surface area contributed by atoms with Crippen LogP contribution in [-0.4, -0.2) is 84.3 Å². The fourth-order valence-corrected chi connectivity index (χ4v) is 7.06. The number of halogens is 2. The summed E-state index contributed by atoms with van der Waals surface area (Å²) in [5.74, 6) is -3.21. The third-order valence-electron chi connectivity index (χ3n) is 10.1. The molecule has 4 atom stereocenters. The van der Waals surface area contributed by atoms with Crippen molar-refractivity contribution in [3.05, 3.63) is 119 Å². The minimum Gasteiger partial charge on any atom is -0.354 e. The molecule has 3 amide bonds. The number of benzene rings is 4. The van der Waals surface area contributed by atoms with Crippen molar-refractivity contribution in [1.82, 2.24) is 20.0 Å². The van der Waals surface area contributed by atoms with Crippen molar-refractivity contribution in [3.8, 4) is 0 Å². The van der Waals surface area contributed by atoms with Crippen molar-refractivity contribution in [2.24, 2.45) is 5.73 Å². The van der Waals surface area contributed by atoms with Gasteiger partial charge in [-0.25, -0.2) is 8.78 Å². The maximum Gasteiger partial charge on any atom is 0.254 e. The Hall–Kier alpha value is -4.67. The van der Waals surface area contributed by atoms with Crippen LogP contribution in [0.15, 0.2) is 84.9 Å². The van der Waals surface area contributed by atoms with E-state index < -0.39 is 35.5 Å². The number of likely N-dealkylation sites (tertiary alicyclic amines) is 1. The van der Waals surface area contributed by atoms with Crippen LogP contribution < -0.4 is 11.1 Å². The summed E-state index contributed by atoms with van der Waals surface area (Å²) in [7, 11) is 3.67. The molecule has 0 bridgehead atoms. The standard InChI is InChI=1S/C41H49F2N5O3/c1-5-48(37(24-29-16-18-35(42)36(43)23-29)39(49)45-20-19-34-14-9-21-46(34)3)41(51)38(25-28-15-17-30-10-6-7-11-32(30)22-28)47(4)40(50)33-13-8-12-31(26-33)27(2)44/h6-8,10-13,15-18,22-23,26-27,34,37-38H,5,9,14,19-21,24-25,44H2,1-4H3,(H,45,49)/t27?,34?,37-,38-/m1/s1. The fourth-order valence-electron chi connectivity index (χ4n) is 7.06. The lowest BCUT2D eigenvalue weighted by molar-refractivity contribution is -0.143. The Balaban J connectivity index is 1.49. The minimum atomic E-state index is -1.04. The molecule has 51 heavy (non-hydrogen) atoms. The van der Waals surface area contributed by atoms with Gasteiger partial charge in [0.2, 0.25) is 11.8 Å². The number of nitrogens with zero attached hydrogens (tertiary/aromatic N) is 3. The average molecular weight is 698 g/mol. The molecule has 2 unspecified atom stereocenters. The summed E-state index contributed by atoms with van der Waals surface area (Å²) in [4.78, 5) is 48.2. The molecule has 0 spiro atoms. The number of carbonyl (C=O) groups is 3. The number of fused-ring (bicyclic) bond motifs is 1. The summed E-state index contributed by atoms with van der Waals surface area (Å²) < 4.78 is 28.3. The molecular formula is C41H49F2N5O3. The lowest BCUT2D eigenvalue weighted by Gasteiger charge is -2.36. The van der Waals surface area contributed by atoms with Crippen molar-refractivity contribution < 1.29 is 23.2 Å². The molecule has 3 N–H and O–H groups in total. The lowest BCUT2D eigenvalue weighted by atomic mass is 9.97. The molecule has 1 aliphatic rings. The first kappa shape index (κ1) is 37.6. The van der Waals surface area contributed by atoms with Crippen LogP contribution in [0.2, 0.25) is 0 Å². The molecule has 1 heterocycles. The number of carbonyl (C=O) groups excluding carboxylic acids is 3. The summed E-state index contributed by atoms with van der Waals surface area (Å²) in [5, 5.41) is 5.07. The van der Waals surface area contributed by atoms with E-state index in [-0.39, 0.29) is 31.3 Å². The number of rotatable bonds is 14. The summed E-state index contributed by atoms with van der Waals surface area (Å²) in [5.41, 5.74) is 8.51. The van der Waals surface area contributed by atoms with Gasteiger partial charge < -0.3 is 25.8 Å². The summed E-state index contributed by atoms with van der Waals surface area (Å²) in [6.07, 6.45) is 3.05. The van der Waals surface area contributed by atoms with E-state index in [0.29, 0.717) is 23.7 Å². The second-order valence-electron chi connectivity index (χ2n) is 13.7. The van der Waals surface area contributed by atoms with E-state index in [9.17, 15) is 23.2 Å². The topological polar surface area (TPSA) is 99.0 Å². The lowest BCUT2D eigenvalue weighted by Crippen LogP contribution is -2.57. The monoisotopic (exact) mass is 697 g/mol. The number of hydrogen-bond acceptors (Lipinski definition) is 5. The Labute approximate surface area is 299 Å². The van der Waals surface area contributed by atoms with E-state index >= 15 is 0 Å². The van der Waals surface area contributed by atoms with Gasteiger partial charge in [-0.3, -0.25) is 14.4 Å². The smallest absolute Gasteiger partial charge is 0.254 e. The van der Waals surface area contributed by atoms with E-state index in [4.69, 9.17) is 5.73 Å². The van der Waals surface area contributed by atoms with Gasteiger partial charge in [0.05, 0.1) is 0 Å². The molecule has 0 aromatic heterocycles. The molecule has 10 heteroatoms. The molecule has 4 aromatic carbocycles. The molecule has 4 aromatic rings. The second-order valence-corrected chi connectivity index (χ2v) is 13.7. The van der Waals surface area contributed by atoms with Crippen molar-refractivity contribution in [2.75, 3.05) is 33.7 Å². The largest absolute Gasteiger partial charge is 0.354 e. The Morgan fingerprint density at radius 3 is 2.29 bits per heavy atom. The van der Waals surface area contributed by atoms with Gasteiger partial charge >= 0.3 is 0 Å². The highest BCUT2D eigenvalue weighted by molar-refractivity contribution is 5.98. The predicted octanol–water partition coefficient (Wildman–Crippen LogP) is 5.88. The Bertz CT molecular complexity index is 1850. The van der Waals surface area contributed by atoms with Crippen LogP contribution in [-0.2, 0) is 22.4 Å². The molecule has 1 aliphatic heterocycles. The van der Waals surface area contributed by atoms with E-state index in [2.05, 4.69) is 17.3 Å². The number of hydrogen-bond donors (Lipinski definition) is 2. The van der Waals surface area contributed by atoms with Crippen molar-refractivity contribution >= 4 is 28.5 Å². The highest BCUT2D eigenvalue weighted by Gasteiger charge is 2.37. The Kier molecular flexibility index (Phi) is 12.5. The van der Waals surface area contributed by atoms with Crippen molar-refractivity contribution in [2.45, 2.75) is 70.1 Å². The normalized spacial score (nSPS) is 16.4. The first-order valence-electron chi connectivity index (χ1n) is 17.8. The van der Waals surface area contributed by atoms with Gasteiger partial charge in [-0.1, -0.05) is 60.7 Å². The molecule has 1 fully saturated rings. The molecule has 0 radical (unpaired) electrons. The molecular weight excluding hydrogens is 648 g/mol.